The molecular formula is C16H20ClN3O2. The number of rotatable bonds is 5. The van der Waals surface area contributed by atoms with Gasteiger partial charge in [0.15, 0.2) is 0 Å². The van der Waals surface area contributed by atoms with Crippen LogP contribution < -0.4 is 5.32 Å². The first-order valence-corrected chi connectivity index (χ1v) is 7.87. The van der Waals surface area contributed by atoms with E-state index in [9.17, 15) is 5.11 Å². The number of pyridine rings is 1. The van der Waals surface area contributed by atoms with Gasteiger partial charge in [-0.05, 0) is 11.5 Å². The molecule has 1 aliphatic heterocycles. The smallest absolute Gasteiger partial charge is 0.139 e. The molecule has 1 fully saturated rings. The molecule has 6 heteroatoms. The maximum absolute atomic E-state index is 10.1. The van der Waals surface area contributed by atoms with Crippen molar-refractivity contribution in [3.8, 4) is 0 Å². The molecule has 0 aliphatic carbocycles. The van der Waals surface area contributed by atoms with Crippen LogP contribution in [0.2, 0.25) is 5.15 Å². The summed E-state index contributed by atoms with van der Waals surface area (Å²) in [5, 5.41) is 15.7. The Hall–Kier alpha value is -1.40. The average Bonchev–Trinajstić information content (AvgIpc) is 2.54. The van der Waals surface area contributed by atoms with Gasteiger partial charge in [0, 0.05) is 31.6 Å². The van der Waals surface area contributed by atoms with Crippen LogP contribution >= 0.6 is 11.6 Å². The highest BCUT2D eigenvalue weighted by Crippen LogP contribution is 2.24. The summed E-state index contributed by atoms with van der Waals surface area (Å²) < 4.78 is 5.30. The van der Waals surface area contributed by atoms with E-state index in [0.29, 0.717) is 24.1 Å². The molecule has 1 saturated heterocycles. The summed E-state index contributed by atoms with van der Waals surface area (Å²) in [4.78, 5) is 6.53. The Kier molecular flexibility index (Phi) is 5.10. The van der Waals surface area contributed by atoms with Crippen LogP contribution in [0, 0.1) is 0 Å². The Morgan fingerprint density at radius 1 is 1.32 bits per heavy atom. The minimum Gasteiger partial charge on any atom is -0.390 e. The third-order valence-corrected chi connectivity index (χ3v) is 4.07. The molecule has 118 valence electrons. The van der Waals surface area contributed by atoms with E-state index in [-0.39, 0.29) is 0 Å². The minimum atomic E-state index is -0.454. The average molecular weight is 322 g/mol. The molecule has 1 aliphatic rings. The second kappa shape index (κ2) is 7.24. The number of hydrogen-bond donors (Lipinski definition) is 2. The number of anilines is 1. The predicted octanol–water partition coefficient (Wildman–Crippen LogP) is 1.99. The highest BCUT2D eigenvalue weighted by Gasteiger charge is 2.15. The predicted molar refractivity (Wildman–Crippen MR) is 88.5 cm³/mol. The molecule has 0 amide bonds. The standard InChI is InChI=1S/C16H20ClN3O2/c17-16-14-4-2-1-3-12(14)9-15(19-16)18-10-13(21)11-20-5-7-22-8-6-20/h1-4,9,13,21H,5-8,10-11H2,(H,18,19). The summed E-state index contributed by atoms with van der Waals surface area (Å²) in [5.41, 5.74) is 0. The third kappa shape index (κ3) is 3.87. The lowest BCUT2D eigenvalue weighted by atomic mass is 10.2. The SMILES string of the molecule is OC(CNc1cc2ccccc2c(Cl)n1)CN1CCOCC1. The number of ether oxygens (including phenoxy) is 1. The largest absolute Gasteiger partial charge is 0.390 e. The molecule has 5 nitrogen and oxygen atoms in total. The van der Waals surface area contributed by atoms with Crippen LogP contribution in [0.1, 0.15) is 0 Å². The van der Waals surface area contributed by atoms with Gasteiger partial charge in [-0.15, -0.1) is 0 Å². The van der Waals surface area contributed by atoms with E-state index in [1.54, 1.807) is 0 Å². The van der Waals surface area contributed by atoms with Gasteiger partial charge >= 0.3 is 0 Å². The van der Waals surface area contributed by atoms with Gasteiger partial charge in [0.25, 0.3) is 0 Å². The molecule has 0 bridgehead atoms. The number of nitrogens with one attached hydrogen (secondary N) is 1. The second-order valence-electron chi connectivity index (χ2n) is 5.47. The fourth-order valence-corrected chi connectivity index (χ4v) is 2.88. The number of hydrogen-bond acceptors (Lipinski definition) is 5. The maximum atomic E-state index is 10.1. The molecule has 2 N–H and O–H groups in total. The molecule has 3 rings (SSSR count). The molecule has 1 aromatic heterocycles. The van der Waals surface area contributed by atoms with Gasteiger partial charge in [-0.1, -0.05) is 35.9 Å². The van der Waals surface area contributed by atoms with Gasteiger partial charge in [-0.3, -0.25) is 4.90 Å². The molecule has 1 aromatic carbocycles. The molecule has 22 heavy (non-hydrogen) atoms. The van der Waals surface area contributed by atoms with Crippen molar-refractivity contribution in [1.82, 2.24) is 9.88 Å². The van der Waals surface area contributed by atoms with Crippen LogP contribution in [-0.4, -0.2) is 60.5 Å². The molecule has 0 spiro atoms. The number of aliphatic hydroxyl groups is 1. The molecule has 0 saturated carbocycles. The normalized spacial score (nSPS) is 17.5. The number of β-amino-alcohol motifs (C(OH)–C–C–N with tert-alkyl or cyclic N) is 1. The van der Waals surface area contributed by atoms with Crippen molar-refractivity contribution < 1.29 is 9.84 Å². The Morgan fingerprint density at radius 2 is 2.09 bits per heavy atom. The van der Waals surface area contributed by atoms with Gasteiger partial charge in [-0.25, -0.2) is 4.98 Å². The highest BCUT2D eigenvalue weighted by atomic mass is 35.5. The number of halogens is 1. The highest BCUT2D eigenvalue weighted by molar-refractivity contribution is 6.34. The zero-order valence-electron chi connectivity index (χ0n) is 12.3. The van der Waals surface area contributed by atoms with Gasteiger partial charge in [0.05, 0.1) is 19.3 Å². The van der Waals surface area contributed by atoms with Crippen LogP contribution in [0.25, 0.3) is 10.8 Å². The van der Waals surface area contributed by atoms with Crippen molar-refractivity contribution in [2.24, 2.45) is 0 Å². The minimum absolute atomic E-state index is 0.443. The van der Waals surface area contributed by atoms with Gasteiger partial charge < -0.3 is 15.2 Å². The van der Waals surface area contributed by atoms with E-state index >= 15 is 0 Å². The number of aromatic nitrogens is 1. The van der Waals surface area contributed by atoms with Gasteiger partial charge in [0.1, 0.15) is 11.0 Å². The zero-order valence-corrected chi connectivity index (χ0v) is 13.1. The topological polar surface area (TPSA) is 57.6 Å². The van der Waals surface area contributed by atoms with Crippen LogP contribution in [0.3, 0.4) is 0 Å². The Balaban J connectivity index is 1.58. The second-order valence-corrected chi connectivity index (χ2v) is 5.83. The van der Waals surface area contributed by atoms with Gasteiger partial charge in [-0.2, -0.15) is 0 Å². The molecule has 1 atom stereocenters. The first kappa shape index (κ1) is 15.5. The molecule has 1 unspecified atom stereocenters. The Bertz CT molecular complexity index is 632. The van der Waals surface area contributed by atoms with Crippen LogP contribution in [0.15, 0.2) is 30.3 Å². The van der Waals surface area contributed by atoms with Crippen molar-refractivity contribution >= 4 is 28.2 Å². The summed E-state index contributed by atoms with van der Waals surface area (Å²) in [6.07, 6.45) is -0.454. The van der Waals surface area contributed by atoms with Crippen molar-refractivity contribution in [2.45, 2.75) is 6.10 Å². The lowest BCUT2D eigenvalue weighted by molar-refractivity contribution is 0.0171. The number of aliphatic hydroxyl groups excluding tert-OH is 1. The van der Waals surface area contributed by atoms with Gasteiger partial charge in [0.2, 0.25) is 0 Å². The van der Waals surface area contributed by atoms with Crippen molar-refractivity contribution in [3.63, 3.8) is 0 Å². The number of nitrogens with zero attached hydrogens (tertiary/aromatic N) is 2. The molecule has 0 radical (unpaired) electrons. The van der Waals surface area contributed by atoms with E-state index < -0.39 is 6.10 Å². The molecule has 2 aromatic rings. The fraction of sp³-hybridized carbons (Fsp3) is 0.438. The van der Waals surface area contributed by atoms with Crippen LogP contribution in [-0.2, 0) is 4.74 Å². The van der Waals surface area contributed by atoms with E-state index in [4.69, 9.17) is 16.3 Å². The summed E-state index contributed by atoms with van der Waals surface area (Å²) in [6, 6.07) is 9.80. The Labute approximate surface area is 134 Å². The summed E-state index contributed by atoms with van der Waals surface area (Å²) in [5.74, 6) is 0.685. The first-order chi connectivity index (χ1) is 10.7. The van der Waals surface area contributed by atoms with Crippen molar-refractivity contribution in [1.29, 1.82) is 0 Å². The van der Waals surface area contributed by atoms with Crippen LogP contribution in [0.5, 0.6) is 0 Å². The number of morpholine rings is 1. The lowest BCUT2D eigenvalue weighted by Crippen LogP contribution is -2.42. The van der Waals surface area contributed by atoms with E-state index in [1.807, 2.05) is 30.3 Å². The van der Waals surface area contributed by atoms with Crippen LogP contribution in [0.4, 0.5) is 5.82 Å². The summed E-state index contributed by atoms with van der Waals surface area (Å²) in [6.45, 7) is 4.30. The zero-order chi connectivity index (χ0) is 15.4. The molecular weight excluding hydrogens is 302 g/mol. The number of fused-ring (bicyclic) bond motifs is 1. The lowest BCUT2D eigenvalue weighted by Gasteiger charge is -2.28. The monoisotopic (exact) mass is 321 g/mol. The Morgan fingerprint density at radius 3 is 2.91 bits per heavy atom. The maximum Gasteiger partial charge on any atom is 0.139 e. The van der Waals surface area contributed by atoms with E-state index in [1.165, 1.54) is 0 Å². The first-order valence-electron chi connectivity index (χ1n) is 7.50. The summed E-state index contributed by atoms with van der Waals surface area (Å²) >= 11 is 6.20. The third-order valence-electron chi connectivity index (χ3n) is 3.79. The number of benzene rings is 1. The van der Waals surface area contributed by atoms with Crippen molar-refractivity contribution in [2.75, 3.05) is 44.7 Å². The van der Waals surface area contributed by atoms with E-state index in [0.717, 1.165) is 37.1 Å². The molecule has 2 heterocycles. The fourth-order valence-electron chi connectivity index (χ4n) is 2.62. The summed E-state index contributed by atoms with van der Waals surface area (Å²) in [7, 11) is 0. The van der Waals surface area contributed by atoms with Crippen molar-refractivity contribution in [3.05, 3.63) is 35.5 Å². The van der Waals surface area contributed by atoms with E-state index in [2.05, 4.69) is 15.2 Å². The quantitative estimate of drug-likeness (QED) is 0.825.